The number of hydrogen-bond donors (Lipinski definition) is 2. The Hall–Kier alpha value is -2.97. The van der Waals surface area contributed by atoms with Gasteiger partial charge in [0.1, 0.15) is 11.6 Å². The van der Waals surface area contributed by atoms with E-state index in [1.807, 2.05) is 0 Å². The van der Waals surface area contributed by atoms with Crippen LogP contribution in [0.3, 0.4) is 0 Å². The van der Waals surface area contributed by atoms with E-state index >= 15 is 0 Å². The van der Waals surface area contributed by atoms with Crippen molar-refractivity contribution in [3.05, 3.63) is 75.3 Å². The second kappa shape index (κ2) is 10.4. The third-order valence-corrected chi connectivity index (χ3v) is 6.19. The number of ether oxygens (including phenoxy) is 2. The van der Waals surface area contributed by atoms with Crippen molar-refractivity contribution in [3.8, 4) is 0 Å². The van der Waals surface area contributed by atoms with Gasteiger partial charge in [0.15, 0.2) is 6.29 Å². The molecule has 0 bridgehead atoms. The van der Waals surface area contributed by atoms with Crippen LogP contribution in [0.25, 0.3) is 0 Å². The molecule has 1 aliphatic carbocycles. The predicted octanol–water partition coefficient (Wildman–Crippen LogP) is 4.54. The van der Waals surface area contributed by atoms with Gasteiger partial charge in [0.2, 0.25) is 0 Å². The minimum Gasteiger partial charge on any atom is -0.349 e. The SMILES string of the molecule is CC(OC1OCCN(Cc2n[nH]c(=O)[nH]2)C1c1ccc(F)cc1)C1=CC(C(F)(F)F)CC(C(F)(F)F)=C1. The zero-order valence-electron chi connectivity index (χ0n) is 19.4. The monoisotopic (exact) mass is 536 g/mol. The number of halogens is 7. The molecule has 7 nitrogen and oxygen atoms in total. The Balaban J connectivity index is 1.63. The predicted molar refractivity (Wildman–Crippen MR) is 115 cm³/mol. The first kappa shape index (κ1) is 27.1. The Morgan fingerprint density at radius 1 is 1.19 bits per heavy atom. The van der Waals surface area contributed by atoms with Crippen molar-refractivity contribution >= 4 is 0 Å². The van der Waals surface area contributed by atoms with Gasteiger partial charge >= 0.3 is 18.0 Å². The molecule has 0 amide bonds. The number of aromatic amines is 2. The van der Waals surface area contributed by atoms with Crippen molar-refractivity contribution < 1.29 is 40.2 Å². The molecule has 202 valence electrons. The quantitative estimate of drug-likeness (QED) is 0.530. The van der Waals surface area contributed by atoms with Crippen LogP contribution in [0.5, 0.6) is 0 Å². The molecule has 0 saturated carbocycles. The maximum Gasteiger partial charge on any atom is 0.412 e. The van der Waals surface area contributed by atoms with Gasteiger partial charge in [-0.15, -0.1) is 0 Å². The van der Waals surface area contributed by atoms with E-state index in [-0.39, 0.29) is 24.5 Å². The van der Waals surface area contributed by atoms with Gasteiger partial charge in [-0.2, -0.15) is 31.4 Å². The summed E-state index contributed by atoms with van der Waals surface area (Å²) in [6, 6.07) is 4.60. The van der Waals surface area contributed by atoms with Crippen molar-refractivity contribution in [2.45, 2.75) is 50.7 Å². The number of allylic oxidation sites excluding steroid dienone is 2. The number of morpholine rings is 1. The maximum atomic E-state index is 13.6. The van der Waals surface area contributed by atoms with Crippen LogP contribution in [-0.4, -0.2) is 58.0 Å². The van der Waals surface area contributed by atoms with Gasteiger partial charge in [-0.05, 0) is 42.7 Å². The molecular formula is C23H23F7N4O3. The largest absolute Gasteiger partial charge is 0.412 e. The Morgan fingerprint density at radius 2 is 1.89 bits per heavy atom. The van der Waals surface area contributed by atoms with Gasteiger partial charge in [-0.3, -0.25) is 9.88 Å². The molecule has 0 radical (unpaired) electrons. The zero-order chi connectivity index (χ0) is 27.0. The lowest BCUT2D eigenvalue weighted by Gasteiger charge is -2.42. The molecule has 4 atom stereocenters. The van der Waals surface area contributed by atoms with Crippen molar-refractivity contribution in [1.82, 2.24) is 20.1 Å². The summed E-state index contributed by atoms with van der Waals surface area (Å²) in [6.45, 7) is 1.87. The molecule has 2 aromatic rings. The summed E-state index contributed by atoms with van der Waals surface area (Å²) < 4.78 is 106. The highest BCUT2D eigenvalue weighted by Gasteiger charge is 2.46. The minimum atomic E-state index is -4.93. The molecule has 0 spiro atoms. The Labute approximate surface area is 205 Å². The number of hydrogen-bond acceptors (Lipinski definition) is 5. The molecule has 1 aromatic carbocycles. The molecule has 4 unspecified atom stereocenters. The van der Waals surface area contributed by atoms with E-state index in [0.29, 0.717) is 18.2 Å². The van der Waals surface area contributed by atoms with Crippen LogP contribution in [0, 0.1) is 11.7 Å². The molecule has 37 heavy (non-hydrogen) atoms. The second-order valence-electron chi connectivity index (χ2n) is 8.80. The van der Waals surface area contributed by atoms with E-state index in [1.165, 1.54) is 31.2 Å². The van der Waals surface area contributed by atoms with Crippen LogP contribution >= 0.6 is 0 Å². The third-order valence-electron chi connectivity index (χ3n) is 6.19. The Morgan fingerprint density at radius 3 is 2.49 bits per heavy atom. The molecule has 1 aromatic heterocycles. The molecule has 1 aliphatic heterocycles. The molecule has 2 aliphatic rings. The fourth-order valence-corrected chi connectivity index (χ4v) is 4.36. The fraction of sp³-hybridized carbons (Fsp3) is 0.478. The first-order valence-corrected chi connectivity index (χ1v) is 11.3. The number of benzene rings is 1. The van der Waals surface area contributed by atoms with Crippen molar-refractivity contribution in [2.24, 2.45) is 5.92 Å². The molecule has 1 saturated heterocycles. The molecule has 4 rings (SSSR count). The summed E-state index contributed by atoms with van der Waals surface area (Å²) in [7, 11) is 0. The normalized spacial score (nSPS) is 24.5. The van der Waals surface area contributed by atoms with E-state index in [9.17, 15) is 35.5 Å². The summed E-state index contributed by atoms with van der Waals surface area (Å²) in [5.74, 6) is -2.54. The van der Waals surface area contributed by atoms with Gasteiger partial charge in [0.25, 0.3) is 0 Å². The van der Waals surface area contributed by atoms with Gasteiger partial charge in [0.05, 0.1) is 31.2 Å². The molecule has 14 heteroatoms. The molecule has 2 N–H and O–H groups in total. The highest BCUT2D eigenvalue weighted by molar-refractivity contribution is 5.35. The fourth-order valence-electron chi connectivity index (χ4n) is 4.36. The summed E-state index contributed by atoms with van der Waals surface area (Å²) in [5, 5.41) is 6.11. The average molecular weight is 536 g/mol. The zero-order valence-corrected chi connectivity index (χ0v) is 19.4. The molecule has 2 heterocycles. The van der Waals surface area contributed by atoms with Crippen LogP contribution in [0.4, 0.5) is 30.7 Å². The standard InChI is InChI=1S/C23H23F7N4O3/c1-12(14-8-15(22(25,26)27)10-16(9-14)23(28,29)30)37-20-19(13-2-4-17(24)5-3-13)34(6-7-36-20)11-18-31-21(35)33-32-18/h2-5,8-9,12,15,19-20H,6-7,10-11H2,1H3,(H2,31,32,33,35). The Kier molecular flexibility index (Phi) is 7.62. The van der Waals surface area contributed by atoms with Crippen LogP contribution in [0.2, 0.25) is 0 Å². The van der Waals surface area contributed by atoms with E-state index in [1.54, 1.807) is 4.90 Å². The molecular weight excluding hydrogens is 513 g/mol. The van der Waals surface area contributed by atoms with E-state index in [2.05, 4.69) is 15.2 Å². The van der Waals surface area contributed by atoms with Crippen molar-refractivity contribution in [1.29, 1.82) is 0 Å². The van der Waals surface area contributed by atoms with Gasteiger partial charge in [-0.1, -0.05) is 18.2 Å². The number of rotatable bonds is 6. The van der Waals surface area contributed by atoms with Crippen LogP contribution in [-0.2, 0) is 16.0 Å². The number of nitrogens with zero attached hydrogens (tertiary/aromatic N) is 2. The van der Waals surface area contributed by atoms with E-state index in [0.717, 1.165) is 6.08 Å². The number of alkyl halides is 6. The molecule has 1 fully saturated rings. The Bertz CT molecular complexity index is 1200. The average Bonchev–Trinajstić information content (AvgIpc) is 3.23. The van der Waals surface area contributed by atoms with Crippen LogP contribution < -0.4 is 5.69 Å². The van der Waals surface area contributed by atoms with Crippen LogP contribution in [0.1, 0.15) is 30.8 Å². The summed E-state index contributed by atoms with van der Waals surface area (Å²) >= 11 is 0. The number of H-pyrrole nitrogens is 2. The van der Waals surface area contributed by atoms with Gasteiger partial charge in [-0.25, -0.2) is 14.3 Å². The second-order valence-corrected chi connectivity index (χ2v) is 8.80. The first-order chi connectivity index (χ1) is 17.3. The third kappa shape index (κ3) is 6.48. The van der Waals surface area contributed by atoms with Crippen LogP contribution in [0.15, 0.2) is 52.4 Å². The lowest BCUT2D eigenvalue weighted by atomic mass is 9.87. The highest BCUT2D eigenvalue weighted by atomic mass is 19.4. The van der Waals surface area contributed by atoms with Crippen molar-refractivity contribution in [2.75, 3.05) is 13.2 Å². The van der Waals surface area contributed by atoms with Crippen molar-refractivity contribution in [3.63, 3.8) is 0 Å². The minimum absolute atomic E-state index is 0.107. The number of aromatic nitrogens is 3. The number of nitrogens with one attached hydrogen (secondary N) is 2. The first-order valence-electron chi connectivity index (χ1n) is 11.3. The van der Waals surface area contributed by atoms with Gasteiger partial charge in [0, 0.05) is 12.1 Å². The van der Waals surface area contributed by atoms with E-state index in [4.69, 9.17) is 9.47 Å². The van der Waals surface area contributed by atoms with E-state index < -0.39 is 60.2 Å². The highest BCUT2D eigenvalue weighted by Crippen LogP contribution is 2.43. The summed E-state index contributed by atoms with van der Waals surface area (Å²) in [5.41, 5.74) is -1.59. The smallest absolute Gasteiger partial charge is 0.349 e. The lowest BCUT2D eigenvalue weighted by molar-refractivity contribution is -0.224. The summed E-state index contributed by atoms with van der Waals surface area (Å²) in [4.78, 5) is 15.8. The topological polar surface area (TPSA) is 83.2 Å². The summed E-state index contributed by atoms with van der Waals surface area (Å²) in [6.07, 6.45) is -12.0. The lowest BCUT2D eigenvalue weighted by Crippen LogP contribution is -2.47. The van der Waals surface area contributed by atoms with Gasteiger partial charge < -0.3 is 9.47 Å². The maximum absolute atomic E-state index is 13.6.